The molecule has 0 bridgehead atoms. The number of carbonyl (C=O) groups is 1. The van der Waals surface area contributed by atoms with Gasteiger partial charge in [-0.3, -0.25) is 4.79 Å². The Kier molecular flexibility index (Phi) is 5.83. The first kappa shape index (κ1) is 15.5. The van der Waals surface area contributed by atoms with Crippen molar-refractivity contribution in [3.8, 4) is 5.75 Å². The van der Waals surface area contributed by atoms with Gasteiger partial charge in [0.15, 0.2) is 0 Å². The fraction of sp³-hybridized carbons (Fsp3) is 0.533. The number of amides is 1. The van der Waals surface area contributed by atoms with Gasteiger partial charge in [-0.05, 0) is 38.2 Å². The molecule has 0 aliphatic heterocycles. The fourth-order valence-corrected chi connectivity index (χ4v) is 1.70. The Balaban J connectivity index is 2.61. The summed E-state index contributed by atoms with van der Waals surface area (Å²) in [5, 5.41) is 0. The Morgan fingerprint density at radius 2 is 1.95 bits per heavy atom. The number of hydrogen-bond donors (Lipinski definition) is 0. The molecule has 0 unspecified atom stereocenters. The molecule has 4 nitrogen and oxygen atoms in total. The van der Waals surface area contributed by atoms with Crippen molar-refractivity contribution in [1.82, 2.24) is 9.80 Å². The molecule has 0 spiro atoms. The molecule has 0 aliphatic carbocycles. The maximum absolute atomic E-state index is 11.2. The standard InChI is InChI=1S/C15H24N2O2/c1-12-10-14(11-17(5)13(2)18)6-7-15(12)19-9-8-16(3)4/h6-7,10H,8-9,11H2,1-5H3. The van der Waals surface area contributed by atoms with Crippen molar-refractivity contribution in [2.75, 3.05) is 34.3 Å². The smallest absolute Gasteiger partial charge is 0.219 e. The third kappa shape index (κ3) is 5.30. The number of benzene rings is 1. The minimum atomic E-state index is 0.0731. The second-order valence-corrected chi connectivity index (χ2v) is 5.13. The van der Waals surface area contributed by atoms with Crippen LogP contribution in [0.1, 0.15) is 18.1 Å². The number of carbonyl (C=O) groups excluding carboxylic acids is 1. The number of aryl methyl sites for hydroxylation is 1. The lowest BCUT2D eigenvalue weighted by Gasteiger charge is -2.17. The molecule has 0 atom stereocenters. The van der Waals surface area contributed by atoms with Gasteiger partial charge in [-0.25, -0.2) is 0 Å². The Bertz CT molecular complexity index is 430. The van der Waals surface area contributed by atoms with Gasteiger partial charge in [-0.2, -0.15) is 0 Å². The molecule has 0 saturated carbocycles. The zero-order chi connectivity index (χ0) is 14.4. The van der Waals surface area contributed by atoms with Crippen LogP contribution in [-0.2, 0) is 11.3 Å². The monoisotopic (exact) mass is 264 g/mol. The second-order valence-electron chi connectivity index (χ2n) is 5.13. The predicted octanol–water partition coefficient (Wildman–Crippen LogP) is 1.91. The molecule has 0 N–H and O–H groups in total. The maximum Gasteiger partial charge on any atom is 0.219 e. The van der Waals surface area contributed by atoms with Crippen LogP contribution in [0.25, 0.3) is 0 Å². The maximum atomic E-state index is 11.2. The van der Waals surface area contributed by atoms with Crippen LogP contribution in [0.2, 0.25) is 0 Å². The third-order valence-electron chi connectivity index (χ3n) is 2.99. The molecule has 0 fully saturated rings. The first-order chi connectivity index (χ1) is 8.90. The average Bonchev–Trinajstić information content (AvgIpc) is 2.31. The van der Waals surface area contributed by atoms with E-state index in [2.05, 4.69) is 11.0 Å². The molecular weight excluding hydrogens is 240 g/mol. The average molecular weight is 264 g/mol. The highest BCUT2D eigenvalue weighted by Crippen LogP contribution is 2.19. The molecule has 1 aromatic carbocycles. The van der Waals surface area contributed by atoms with Crippen molar-refractivity contribution in [2.45, 2.75) is 20.4 Å². The lowest BCUT2D eigenvalue weighted by atomic mass is 10.1. The quantitative estimate of drug-likeness (QED) is 0.787. The van der Waals surface area contributed by atoms with E-state index >= 15 is 0 Å². The zero-order valence-electron chi connectivity index (χ0n) is 12.6. The van der Waals surface area contributed by atoms with E-state index < -0.39 is 0 Å². The van der Waals surface area contributed by atoms with Crippen molar-refractivity contribution >= 4 is 5.91 Å². The minimum Gasteiger partial charge on any atom is -0.492 e. The number of rotatable bonds is 6. The van der Waals surface area contributed by atoms with E-state index in [4.69, 9.17) is 4.74 Å². The highest BCUT2D eigenvalue weighted by Gasteiger charge is 2.06. The van der Waals surface area contributed by atoms with Crippen LogP contribution in [0.5, 0.6) is 5.75 Å². The van der Waals surface area contributed by atoms with Gasteiger partial charge in [0.2, 0.25) is 5.91 Å². The Hall–Kier alpha value is -1.55. The molecule has 0 saturated heterocycles. The van der Waals surface area contributed by atoms with Gasteiger partial charge >= 0.3 is 0 Å². The van der Waals surface area contributed by atoms with Crippen LogP contribution in [0.15, 0.2) is 18.2 Å². The summed E-state index contributed by atoms with van der Waals surface area (Å²) in [7, 11) is 5.85. The van der Waals surface area contributed by atoms with E-state index in [0.717, 1.165) is 23.4 Å². The second kappa shape index (κ2) is 7.14. The van der Waals surface area contributed by atoms with Gasteiger partial charge in [-0.1, -0.05) is 12.1 Å². The Morgan fingerprint density at radius 1 is 1.26 bits per heavy atom. The van der Waals surface area contributed by atoms with Crippen LogP contribution in [0.4, 0.5) is 0 Å². The van der Waals surface area contributed by atoms with Crippen LogP contribution in [-0.4, -0.2) is 50.0 Å². The van der Waals surface area contributed by atoms with Gasteiger partial charge in [0.05, 0.1) is 0 Å². The van der Waals surface area contributed by atoms with Gasteiger partial charge in [0.25, 0.3) is 0 Å². The zero-order valence-corrected chi connectivity index (χ0v) is 12.6. The van der Waals surface area contributed by atoms with Gasteiger partial charge in [0, 0.05) is 27.1 Å². The molecule has 19 heavy (non-hydrogen) atoms. The molecule has 4 heteroatoms. The van der Waals surface area contributed by atoms with Gasteiger partial charge in [0.1, 0.15) is 12.4 Å². The summed E-state index contributed by atoms with van der Waals surface area (Å²) in [4.78, 5) is 15.0. The normalized spacial score (nSPS) is 10.6. The van der Waals surface area contributed by atoms with Gasteiger partial charge < -0.3 is 14.5 Å². The lowest BCUT2D eigenvalue weighted by Crippen LogP contribution is -2.23. The molecule has 0 radical (unpaired) electrons. The molecule has 1 amide bonds. The summed E-state index contributed by atoms with van der Waals surface area (Å²) in [6, 6.07) is 6.07. The van der Waals surface area contributed by atoms with Crippen molar-refractivity contribution in [1.29, 1.82) is 0 Å². The van der Waals surface area contributed by atoms with E-state index in [1.807, 2.05) is 33.2 Å². The van der Waals surface area contributed by atoms with E-state index in [-0.39, 0.29) is 5.91 Å². The molecule has 0 aromatic heterocycles. The van der Waals surface area contributed by atoms with E-state index in [9.17, 15) is 4.79 Å². The van der Waals surface area contributed by atoms with Crippen LogP contribution >= 0.6 is 0 Å². The summed E-state index contributed by atoms with van der Waals surface area (Å²) in [6.45, 7) is 5.82. The first-order valence-electron chi connectivity index (χ1n) is 6.49. The number of hydrogen-bond acceptors (Lipinski definition) is 3. The summed E-state index contributed by atoms with van der Waals surface area (Å²) in [5.41, 5.74) is 2.23. The summed E-state index contributed by atoms with van der Waals surface area (Å²) >= 11 is 0. The molecule has 106 valence electrons. The third-order valence-corrected chi connectivity index (χ3v) is 2.99. The highest BCUT2D eigenvalue weighted by molar-refractivity contribution is 5.72. The Morgan fingerprint density at radius 3 is 2.47 bits per heavy atom. The van der Waals surface area contributed by atoms with Crippen LogP contribution < -0.4 is 4.74 Å². The summed E-state index contributed by atoms with van der Waals surface area (Å²) in [6.07, 6.45) is 0. The summed E-state index contributed by atoms with van der Waals surface area (Å²) < 4.78 is 5.73. The first-order valence-corrected chi connectivity index (χ1v) is 6.49. The van der Waals surface area contributed by atoms with Crippen molar-refractivity contribution in [3.63, 3.8) is 0 Å². The molecule has 0 aliphatic rings. The number of nitrogens with zero attached hydrogens (tertiary/aromatic N) is 2. The largest absolute Gasteiger partial charge is 0.492 e. The molecule has 1 rings (SSSR count). The van der Waals surface area contributed by atoms with Crippen molar-refractivity contribution in [3.05, 3.63) is 29.3 Å². The Labute approximate surface area is 116 Å². The SMILES string of the molecule is CC(=O)N(C)Cc1ccc(OCCN(C)C)c(C)c1. The minimum absolute atomic E-state index is 0.0731. The molecule has 0 heterocycles. The topological polar surface area (TPSA) is 32.8 Å². The van der Waals surface area contributed by atoms with Gasteiger partial charge in [-0.15, -0.1) is 0 Å². The lowest BCUT2D eigenvalue weighted by molar-refractivity contribution is -0.128. The van der Waals surface area contributed by atoms with Crippen molar-refractivity contribution < 1.29 is 9.53 Å². The fourth-order valence-electron chi connectivity index (χ4n) is 1.70. The molecule has 1 aromatic rings. The van der Waals surface area contributed by atoms with Crippen LogP contribution in [0, 0.1) is 6.92 Å². The van der Waals surface area contributed by atoms with Crippen LogP contribution in [0.3, 0.4) is 0 Å². The number of ether oxygens (including phenoxy) is 1. The predicted molar refractivity (Wildman–Crippen MR) is 77.4 cm³/mol. The van der Waals surface area contributed by atoms with E-state index in [1.165, 1.54) is 0 Å². The molecular formula is C15H24N2O2. The van der Waals surface area contributed by atoms with E-state index in [1.54, 1.807) is 18.9 Å². The highest BCUT2D eigenvalue weighted by atomic mass is 16.5. The summed E-state index contributed by atoms with van der Waals surface area (Å²) in [5.74, 6) is 0.986. The van der Waals surface area contributed by atoms with E-state index in [0.29, 0.717) is 13.2 Å². The number of likely N-dealkylation sites (N-methyl/N-ethyl adjacent to an activating group) is 1. The van der Waals surface area contributed by atoms with Crippen molar-refractivity contribution in [2.24, 2.45) is 0 Å².